The second-order valence-corrected chi connectivity index (χ2v) is 7.46. The van der Waals surface area contributed by atoms with Gasteiger partial charge in [-0.2, -0.15) is 0 Å². The molecule has 0 saturated heterocycles. The van der Waals surface area contributed by atoms with Gasteiger partial charge in [-0.3, -0.25) is 4.98 Å². The Morgan fingerprint density at radius 3 is 2.37 bits per heavy atom. The molecule has 1 aliphatic carbocycles. The summed E-state index contributed by atoms with van der Waals surface area (Å²) < 4.78 is 17.4. The molecule has 3 aromatic rings. The summed E-state index contributed by atoms with van der Waals surface area (Å²) >= 11 is 0. The van der Waals surface area contributed by atoms with E-state index in [4.69, 9.17) is 14.2 Å². The van der Waals surface area contributed by atoms with Crippen molar-refractivity contribution in [3.63, 3.8) is 0 Å². The van der Waals surface area contributed by atoms with E-state index in [0.29, 0.717) is 0 Å². The van der Waals surface area contributed by atoms with Crippen molar-refractivity contribution in [1.82, 2.24) is 4.98 Å². The van der Waals surface area contributed by atoms with Crippen molar-refractivity contribution in [3.05, 3.63) is 83.7 Å². The summed E-state index contributed by atoms with van der Waals surface area (Å²) in [6, 6.07) is 18.3. The van der Waals surface area contributed by atoms with E-state index in [1.165, 1.54) is 12.8 Å². The van der Waals surface area contributed by atoms with Crippen LogP contribution in [0.25, 0.3) is 11.6 Å². The van der Waals surface area contributed by atoms with Crippen LogP contribution in [0, 0.1) is 0 Å². The number of ether oxygens (including phenoxy) is 3. The molecule has 4 nitrogen and oxygen atoms in total. The Morgan fingerprint density at radius 2 is 1.63 bits per heavy atom. The second kappa shape index (κ2) is 9.49. The zero-order valence-electron chi connectivity index (χ0n) is 17.5. The minimum absolute atomic E-state index is 0.263. The highest BCUT2D eigenvalue weighted by Crippen LogP contribution is 2.37. The van der Waals surface area contributed by atoms with Gasteiger partial charge in [0, 0.05) is 12.4 Å². The molecule has 1 fully saturated rings. The number of hydrogen-bond donors (Lipinski definition) is 0. The van der Waals surface area contributed by atoms with Crippen molar-refractivity contribution >= 4 is 11.6 Å². The predicted molar refractivity (Wildman–Crippen MR) is 120 cm³/mol. The van der Waals surface area contributed by atoms with Crippen molar-refractivity contribution in [2.75, 3.05) is 14.2 Å². The molecular weight excluding hydrogens is 374 g/mol. The molecule has 1 saturated carbocycles. The summed E-state index contributed by atoms with van der Waals surface area (Å²) in [6.07, 6.45) is 10.7. The van der Waals surface area contributed by atoms with E-state index in [1.54, 1.807) is 26.6 Å². The normalized spacial score (nSPS) is 14.5. The smallest absolute Gasteiger partial charge is 0.162 e. The lowest BCUT2D eigenvalue weighted by molar-refractivity contribution is 0.201. The van der Waals surface area contributed by atoms with Crippen molar-refractivity contribution < 1.29 is 14.2 Å². The van der Waals surface area contributed by atoms with Gasteiger partial charge in [-0.15, -0.1) is 0 Å². The molecule has 1 heterocycles. The Morgan fingerprint density at radius 1 is 0.867 bits per heavy atom. The van der Waals surface area contributed by atoms with Crippen LogP contribution < -0.4 is 14.2 Å². The Kier molecular flexibility index (Phi) is 6.33. The molecule has 0 spiro atoms. The molecule has 0 radical (unpaired) electrons. The van der Waals surface area contributed by atoms with Crippen molar-refractivity contribution in [2.24, 2.45) is 0 Å². The summed E-state index contributed by atoms with van der Waals surface area (Å²) in [4.78, 5) is 4.13. The topological polar surface area (TPSA) is 40.6 Å². The third kappa shape index (κ3) is 4.65. The highest BCUT2D eigenvalue weighted by Gasteiger charge is 2.19. The first-order valence-electron chi connectivity index (χ1n) is 10.4. The van der Waals surface area contributed by atoms with Gasteiger partial charge in [-0.1, -0.05) is 18.2 Å². The van der Waals surface area contributed by atoms with Crippen LogP contribution >= 0.6 is 0 Å². The zero-order chi connectivity index (χ0) is 20.8. The number of aromatic nitrogens is 1. The monoisotopic (exact) mass is 401 g/mol. The average Bonchev–Trinajstić information content (AvgIpc) is 3.31. The van der Waals surface area contributed by atoms with E-state index < -0.39 is 0 Å². The predicted octanol–water partition coefficient (Wildman–Crippen LogP) is 6.01. The third-order valence-electron chi connectivity index (χ3n) is 5.47. The van der Waals surface area contributed by atoms with Crippen LogP contribution in [-0.4, -0.2) is 25.3 Å². The minimum Gasteiger partial charge on any atom is -0.497 e. The van der Waals surface area contributed by atoms with Gasteiger partial charge in [0.1, 0.15) is 5.75 Å². The highest BCUT2D eigenvalue weighted by atomic mass is 16.5. The molecule has 0 aliphatic heterocycles. The van der Waals surface area contributed by atoms with Gasteiger partial charge >= 0.3 is 0 Å². The summed E-state index contributed by atoms with van der Waals surface area (Å²) in [5, 5.41) is 0. The van der Waals surface area contributed by atoms with E-state index in [9.17, 15) is 0 Å². The number of benzene rings is 2. The van der Waals surface area contributed by atoms with Crippen LogP contribution in [0.1, 0.15) is 42.4 Å². The van der Waals surface area contributed by atoms with E-state index in [2.05, 4.69) is 35.3 Å². The third-order valence-corrected chi connectivity index (χ3v) is 5.47. The largest absolute Gasteiger partial charge is 0.497 e. The van der Waals surface area contributed by atoms with Crippen LogP contribution in [0.2, 0.25) is 0 Å². The average molecular weight is 402 g/mol. The van der Waals surface area contributed by atoms with Gasteiger partial charge in [0.25, 0.3) is 0 Å². The first-order valence-corrected chi connectivity index (χ1v) is 10.4. The van der Waals surface area contributed by atoms with Crippen LogP contribution in [0.3, 0.4) is 0 Å². The van der Waals surface area contributed by atoms with E-state index in [1.807, 2.05) is 30.3 Å². The molecule has 4 heteroatoms. The summed E-state index contributed by atoms with van der Waals surface area (Å²) in [7, 11) is 3.37. The maximum absolute atomic E-state index is 6.33. The van der Waals surface area contributed by atoms with Gasteiger partial charge in [0.2, 0.25) is 0 Å². The molecule has 2 aromatic carbocycles. The Bertz CT molecular complexity index is 1010. The first-order chi connectivity index (χ1) is 14.8. The van der Waals surface area contributed by atoms with Crippen LogP contribution in [0.4, 0.5) is 0 Å². The SMILES string of the molecule is COc1cccc(/C(=C\c2ccncc2)c2ccc(OC)c(OC3CCCC3)c2)c1. The highest BCUT2D eigenvalue weighted by molar-refractivity contribution is 5.92. The summed E-state index contributed by atoms with van der Waals surface area (Å²) in [5.41, 5.74) is 4.30. The number of rotatable bonds is 7. The van der Waals surface area contributed by atoms with E-state index >= 15 is 0 Å². The fourth-order valence-corrected chi connectivity index (χ4v) is 3.87. The Hall–Kier alpha value is -3.27. The van der Waals surface area contributed by atoms with Gasteiger partial charge in [0.05, 0.1) is 20.3 Å². The molecule has 0 amide bonds. The number of nitrogens with zero attached hydrogens (tertiary/aromatic N) is 1. The fourth-order valence-electron chi connectivity index (χ4n) is 3.87. The van der Waals surface area contributed by atoms with Crippen molar-refractivity contribution in [3.8, 4) is 17.2 Å². The lowest BCUT2D eigenvalue weighted by atomic mass is 9.95. The number of hydrogen-bond acceptors (Lipinski definition) is 4. The molecule has 30 heavy (non-hydrogen) atoms. The Labute approximate surface area is 178 Å². The van der Waals surface area contributed by atoms with E-state index in [0.717, 1.165) is 52.4 Å². The molecule has 0 unspecified atom stereocenters. The summed E-state index contributed by atoms with van der Waals surface area (Å²) in [6.45, 7) is 0. The zero-order valence-corrected chi connectivity index (χ0v) is 17.5. The number of pyridine rings is 1. The minimum atomic E-state index is 0.263. The molecule has 1 aromatic heterocycles. The summed E-state index contributed by atoms with van der Waals surface area (Å²) in [5.74, 6) is 2.38. The maximum Gasteiger partial charge on any atom is 0.162 e. The standard InChI is InChI=1S/C26H27NO3/c1-28-23-9-5-6-20(17-23)24(16-19-12-14-27-15-13-19)21-10-11-25(29-2)26(18-21)30-22-7-3-4-8-22/h5-6,9-18,22H,3-4,7-8H2,1-2H3/b24-16+. The molecule has 4 rings (SSSR count). The first kappa shape index (κ1) is 20.0. The van der Waals surface area contributed by atoms with E-state index in [-0.39, 0.29) is 6.10 Å². The van der Waals surface area contributed by atoms with Gasteiger partial charge in [-0.05, 0) is 90.4 Å². The maximum atomic E-state index is 6.33. The molecule has 154 valence electrons. The van der Waals surface area contributed by atoms with Gasteiger partial charge in [-0.25, -0.2) is 0 Å². The van der Waals surface area contributed by atoms with Crippen molar-refractivity contribution in [1.29, 1.82) is 0 Å². The van der Waals surface area contributed by atoms with Crippen LogP contribution in [0.5, 0.6) is 17.2 Å². The molecule has 0 atom stereocenters. The second-order valence-electron chi connectivity index (χ2n) is 7.46. The van der Waals surface area contributed by atoms with Crippen LogP contribution in [-0.2, 0) is 0 Å². The fraction of sp³-hybridized carbons (Fsp3) is 0.269. The number of methoxy groups -OCH3 is 2. The van der Waals surface area contributed by atoms with Gasteiger partial charge in [0.15, 0.2) is 11.5 Å². The molecule has 0 N–H and O–H groups in total. The van der Waals surface area contributed by atoms with Gasteiger partial charge < -0.3 is 14.2 Å². The lowest BCUT2D eigenvalue weighted by Crippen LogP contribution is -2.11. The lowest BCUT2D eigenvalue weighted by Gasteiger charge is -2.18. The molecule has 1 aliphatic rings. The molecular formula is C26H27NO3. The van der Waals surface area contributed by atoms with Crippen LogP contribution in [0.15, 0.2) is 67.0 Å². The van der Waals surface area contributed by atoms with Crippen molar-refractivity contribution in [2.45, 2.75) is 31.8 Å². The molecule has 0 bridgehead atoms. The quantitative estimate of drug-likeness (QED) is 0.486. The Balaban J connectivity index is 1.79.